The van der Waals surface area contributed by atoms with Gasteiger partial charge < -0.3 is 15.2 Å². The zero-order valence-corrected chi connectivity index (χ0v) is 18.2. The van der Waals surface area contributed by atoms with Crippen LogP contribution in [0.1, 0.15) is 16.1 Å². The quantitative estimate of drug-likeness (QED) is 0.349. The molecule has 8 heteroatoms. The van der Waals surface area contributed by atoms with E-state index in [-0.39, 0.29) is 24.0 Å². The van der Waals surface area contributed by atoms with Crippen LogP contribution in [0.15, 0.2) is 84.9 Å². The van der Waals surface area contributed by atoms with E-state index in [0.717, 1.165) is 16.9 Å². The molecule has 33 heavy (non-hydrogen) atoms. The molecule has 1 amide bonds. The molecule has 0 radical (unpaired) electrons. The van der Waals surface area contributed by atoms with Crippen LogP contribution in [0.2, 0.25) is 0 Å². The summed E-state index contributed by atoms with van der Waals surface area (Å²) < 4.78 is 7.25. The predicted octanol–water partition coefficient (Wildman–Crippen LogP) is 5.27. The number of carbonyl (C=O) groups excluding carboxylic acids is 1. The number of carboxylic acid groups (broad SMARTS) is 1. The van der Waals surface area contributed by atoms with Gasteiger partial charge >= 0.3 is 5.97 Å². The Morgan fingerprint density at radius 3 is 2.24 bits per heavy atom. The molecular formula is C25H20ClN3O4. The van der Waals surface area contributed by atoms with E-state index in [1.807, 2.05) is 54.6 Å². The minimum atomic E-state index is -1.07. The Labute approximate surface area is 195 Å². The summed E-state index contributed by atoms with van der Waals surface area (Å²) in [6, 6.07) is 25.4. The van der Waals surface area contributed by atoms with Gasteiger partial charge in [-0.3, -0.25) is 9.48 Å². The van der Waals surface area contributed by atoms with Gasteiger partial charge in [0.05, 0.1) is 12.2 Å². The predicted molar refractivity (Wildman–Crippen MR) is 126 cm³/mol. The van der Waals surface area contributed by atoms with Gasteiger partial charge in [0.2, 0.25) is 5.91 Å². The first-order chi connectivity index (χ1) is 16.0. The van der Waals surface area contributed by atoms with Crippen LogP contribution in [-0.2, 0) is 11.3 Å². The molecule has 0 atom stereocenters. The summed E-state index contributed by atoms with van der Waals surface area (Å²) in [7, 11) is 0. The number of nitrogens with zero attached hydrogens (tertiary/aromatic N) is 2. The second kappa shape index (κ2) is 10.0. The molecule has 0 fully saturated rings. The highest BCUT2D eigenvalue weighted by Gasteiger charge is 2.16. The van der Waals surface area contributed by atoms with Crippen LogP contribution in [0.3, 0.4) is 0 Å². The van der Waals surface area contributed by atoms with Gasteiger partial charge in [-0.25, -0.2) is 4.79 Å². The smallest absolute Gasteiger partial charge is 0.354 e. The largest absolute Gasteiger partial charge is 0.477 e. The number of para-hydroxylation sites is 1. The van der Waals surface area contributed by atoms with Crippen LogP contribution in [0.25, 0.3) is 11.3 Å². The summed E-state index contributed by atoms with van der Waals surface area (Å²) in [4.78, 5) is 23.2. The van der Waals surface area contributed by atoms with Gasteiger partial charge in [-0.15, -0.1) is 11.6 Å². The van der Waals surface area contributed by atoms with E-state index in [2.05, 4.69) is 10.4 Å². The molecule has 0 unspecified atom stereocenters. The van der Waals surface area contributed by atoms with Gasteiger partial charge in [0.15, 0.2) is 0 Å². The fraction of sp³-hybridized carbons (Fsp3) is 0.0800. The Morgan fingerprint density at radius 1 is 0.939 bits per heavy atom. The zero-order valence-electron chi connectivity index (χ0n) is 17.4. The molecule has 0 spiro atoms. The van der Waals surface area contributed by atoms with Crippen LogP contribution in [-0.4, -0.2) is 32.6 Å². The van der Waals surface area contributed by atoms with Gasteiger partial charge in [0.25, 0.3) is 0 Å². The number of rotatable bonds is 8. The SMILES string of the molecule is O=C(CCl)Nc1ccc(Cn2nc(-c3ccc(Oc4ccccc4)cc3)cc2C(=O)O)cc1. The molecule has 0 saturated carbocycles. The highest BCUT2D eigenvalue weighted by atomic mass is 35.5. The monoisotopic (exact) mass is 461 g/mol. The number of benzene rings is 3. The van der Waals surface area contributed by atoms with Crippen molar-refractivity contribution >= 4 is 29.2 Å². The molecule has 0 aliphatic carbocycles. The fourth-order valence-corrected chi connectivity index (χ4v) is 3.30. The van der Waals surface area contributed by atoms with E-state index in [9.17, 15) is 14.7 Å². The highest BCUT2D eigenvalue weighted by Crippen LogP contribution is 2.26. The number of hydrogen-bond donors (Lipinski definition) is 2. The lowest BCUT2D eigenvalue weighted by atomic mass is 10.1. The van der Waals surface area contributed by atoms with Gasteiger partial charge in [0.1, 0.15) is 23.1 Å². The molecule has 4 aromatic rings. The molecule has 7 nitrogen and oxygen atoms in total. The second-order valence-corrected chi connectivity index (χ2v) is 7.46. The maximum absolute atomic E-state index is 11.8. The van der Waals surface area contributed by atoms with E-state index >= 15 is 0 Å². The fourth-order valence-electron chi connectivity index (χ4n) is 3.23. The number of nitrogens with one attached hydrogen (secondary N) is 1. The summed E-state index contributed by atoms with van der Waals surface area (Å²) in [5.41, 5.74) is 2.85. The number of amides is 1. The van der Waals surface area contributed by atoms with Crippen molar-refractivity contribution in [1.29, 1.82) is 0 Å². The van der Waals surface area contributed by atoms with Crippen molar-refractivity contribution in [3.63, 3.8) is 0 Å². The molecule has 1 aromatic heterocycles. The maximum Gasteiger partial charge on any atom is 0.354 e. The van der Waals surface area contributed by atoms with Crippen molar-refractivity contribution in [2.75, 3.05) is 11.2 Å². The molecule has 0 bridgehead atoms. The number of hydrogen-bond acceptors (Lipinski definition) is 4. The number of halogens is 1. The van der Waals surface area contributed by atoms with E-state index in [4.69, 9.17) is 16.3 Å². The summed E-state index contributed by atoms with van der Waals surface area (Å²) >= 11 is 5.50. The van der Waals surface area contributed by atoms with Crippen LogP contribution >= 0.6 is 11.6 Å². The average molecular weight is 462 g/mol. The molecule has 166 valence electrons. The summed E-state index contributed by atoms with van der Waals surface area (Å²) in [6.45, 7) is 0.264. The average Bonchev–Trinajstić information content (AvgIpc) is 3.25. The Hall–Kier alpha value is -4.10. The van der Waals surface area contributed by atoms with Crippen molar-refractivity contribution < 1.29 is 19.4 Å². The first-order valence-corrected chi connectivity index (χ1v) is 10.6. The minimum Gasteiger partial charge on any atom is -0.477 e. The van der Waals surface area contributed by atoms with E-state index < -0.39 is 5.97 Å². The van der Waals surface area contributed by atoms with E-state index in [1.165, 1.54) is 4.68 Å². The lowest BCUT2D eigenvalue weighted by molar-refractivity contribution is -0.113. The minimum absolute atomic E-state index is 0.0779. The maximum atomic E-state index is 11.8. The summed E-state index contributed by atoms with van der Waals surface area (Å²) in [6.07, 6.45) is 0. The summed E-state index contributed by atoms with van der Waals surface area (Å²) in [5, 5.41) is 16.8. The van der Waals surface area contributed by atoms with Gasteiger partial charge in [0, 0.05) is 11.3 Å². The molecule has 0 saturated heterocycles. The molecular weight excluding hydrogens is 442 g/mol. The van der Waals surface area contributed by atoms with Gasteiger partial charge in [-0.1, -0.05) is 30.3 Å². The normalized spacial score (nSPS) is 10.6. The van der Waals surface area contributed by atoms with Gasteiger partial charge in [-0.05, 0) is 60.2 Å². The molecule has 0 aliphatic heterocycles. The Bertz CT molecular complexity index is 1250. The number of carboxylic acids is 1. The Balaban J connectivity index is 1.52. The highest BCUT2D eigenvalue weighted by molar-refractivity contribution is 6.29. The third-order valence-corrected chi connectivity index (χ3v) is 5.06. The lowest BCUT2D eigenvalue weighted by Crippen LogP contribution is -2.13. The van der Waals surface area contributed by atoms with Crippen molar-refractivity contribution in [3.05, 3.63) is 96.2 Å². The molecule has 2 N–H and O–H groups in total. The third kappa shape index (κ3) is 5.58. The Morgan fingerprint density at radius 2 is 1.61 bits per heavy atom. The van der Waals surface area contributed by atoms with Crippen LogP contribution in [0.5, 0.6) is 11.5 Å². The first-order valence-electron chi connectivity index (χ1n) is 10.1. The van der Waals surface area contributed by atoms with Crippen LogP contribution < -0.4 is 10.1 Å². The van der Waals surface area contributed by atoms with Crippen LogP contribution in [0.4, 0.5) is 5.69 Å². The first kappa shape index (κ1) is 22.1. The number of alkyl halides is 1. The lowest BCUT2D eigenvalue weighted by Gasteiger charge is -2.07. The van der Waals surface area contributed by atoms with Crippen molar-refractivity contribution in [3.8, 4) is 22.8 Å². The summed E-state index contributed by atoms with van der Waals surface area (Å²) in [5.74, 6) is -0.0857. The second-order valence-electron chi connectivity index (χ2n) is 7.20. The molecule has 1 heterocycles. The van der Waals surface area contributed by atoms with Crippen molar-refractivity contribution in [2.45, 2.75) is 6.54 Å². The number of ether oxygens (including phenoxy) is 1. The van der Waals surface area contributed by atoms with Crippen molar-refractivity contribution in [1.82, 2.24) is 9.78 Å². The zero-order chi connectivity index (χ0) is 23.2. The van der Waals surface area contributed by atoms with E-state index in [0.29, 0.717) is 17.1 Å². The van der Waals surface area contributed by atoms with E-state index in [1.54, 1.807) is 30.3 Å². The van der Waals surface area contributed by atoms with Crippen molar-refractivity contribution in [2.24, 2.45) is 0 Å². The number of anilines is 1. The number of carbonyl (C=O) groups is 2. The Kier molecular flexibility index (Phi) is 6.71. The number of aromatic carboxylic acids is 1. The molecule has 3 aromatic carbocycles. The molecule has 0 aliphatic rings. The topological polar surface area (TPSA) is 93.5 Å². The molecule has 4 rings (SSSR count). The van der Waals surface area contributed by atoms with Gasteiger partial charge in [-0.2, -0.15) is 5.10 Å². The standard InChI is InChI=1S/C25H20ClN3O4/c26-15-24(30)27-19-10-6-17(7-11-19)16-29-23(25(31)32)14-22(28-29)18-8-12-21(13-9-18)33-20-4-2-1-3-5-20/h1-14H,15-16H2,(H,27,30)(H,31,32). The number of aromatic nitrogens is 2. The third-order valence-electron chi connectivity index (χ3n) is 4.82. The van der Waals surface area contributed by atoms with Crippen LogP contribution in [0, 0.1) is 0 Å².